The highest BCUT2D eigenvalue weighted by atomic mass is 79.9. The number of hydrogen-bond acceptors (Lipinski definition) is 2. The molecule has 0 aliphatic carbocycles. The summed E-state index contributed by atoms with van der Waals surface area (Å²) in [5, 5.41) is 6.23. The van der Waals surface area contributed by atoms with Gasteiger partial charge in [-0.3, -0.25) is 4.79 Å². The van der Waals surface area contributed by atoms with E-state index in [4.69, 9.17) is 0 Å². The Hall–Kier alpha value is -0.0700. The molecule has 1 fully saturated rings. The van der Waals surface area contributed by atoms with Crippen molar-refractivity contribution in [3.63, 3.8) is 0 Å². The zero-order valence-corrected chi connectivity index (χ0v) is 14.4. The van der Waals surface area contributed by atoms with Crippen LogP contribution in [0.25, 0.3) is 0 Å². The zero-order valence-electron chi connectivity index (χ0n) is 9.60. The van der Waals surface area contributed by atoms with E-state index >= 15 is 0 Å². The van der Waals surface area contributed by atoms with Crippen LogP contribution in [0.1, 0.15) is 19.3 Å². The van der Waals surface area contributed by atoms with Gasteiger partial charge in [-0.2, -0.15) is 0 Å². The lowest BCUT2D eigenvalue weighted by Crippen LogP contribution is -2.38. The van der Waals surface area contributed by atoms with E-state index in [1.54, 1.807) is 0 Å². The van der Waals surface area contributed by atoms with Crippen LogP contribution in [0.4, 0.5) is 5.69 Å². The average molecular weight is 441 g/mol. The molecule has 18 heavy (non-hydrogen) atoms. The highest BCUT2D eigenvalue weighted by molar-refractivity contribution is 9.11. The predicted molar refractivity (Wildman–Crippen MR) is 83.8 cm³/mol. The van der Waals surface area contributed by atoms with Gasteiger partial charge in [0.25, 0.3) is 0 Å². The maximum Gasteiger partial charge on any atom is 0.242 e. The molecule has 1 aliphatic heterocycles. The van der Waals surface area contributed by atoms with Crippen molar-refractivity contribution in [2.24, 2.45) is 0 Å². The molecule has 1 amide bonds. The Kier molecular flexibility index (Phi) is 5.09. The minimum atomic E-state index is -0.165. The molecule has 1 unspecified atom stereocenters. The average Bonchev–Trinajstić information content (AvgIpc) is 2.49. The summed E-state index contributed by atoms with van der Waals surface area (Å²) in [6.45, 7) is 0.777. The molecule has 6 heteroatoms. The molecular formula is C12H13Br3N2O. The van der Waals surface area contributed by atoms with Gasteiger partial charge < -0.3 is 10.6 Å². The second-order valence-corrected chi connectivity index (χ2v) is 6.85. The molecule has 3 nitrogen and oxygen atoms in total. The molecule has 98 valence electrons. The Morgan fingerprint density at radius 1 is 1.17 bits per heavy atom. The summed E-state index contributed by atoms with van der Waals surface area (Å²) in [6, 6.07) is 3.75. The van der Waals surface area contributed by atoms with Gasteiger partial charge in [0.1, 0.15) is 6.04 Å². The number of rotatable bonds is 2. The quantitative estimate of drug-likeness (QED) is 0.728. The predicted octanol–water partition coefficient (Wildman–Crippen LogP) is 4.05. The zero-order chi connectivity index (χ0) is 13.1. The van der Waals surface area contributed by atoms with Gasteiger partial charge in [-0.15, -0.1) is 0 Å². The maximum absolute atomic E-state index is 11.9. The molecule has 0 bridgehead atoms. The minimum Gasteiger partial charge on any atom is -0.372 e. The summed E-state index contributed by atoms with van der Waals surface area (Å²) in [6.07, 6.45) is 2.97. The van der Waals surface area contributed by atoms with E-state index in [0.29, 0.717) is 0 Å². The van der Waals surface area contributed by atoms with Gasteiger partial charge >= 0.3 is 0 Å². The second-order valence-electron chi connectivity index (χ2n) is 4.23. The van der Waals surface area contributed by atoms with E-state index in [-0.39, 0.29) is 11.9 Å². The number of carbonyl (C=O) groups is 1. The van der Waals surface area contributed by atoms with E-state index in [2.05, 4.69) is 58.4 Å². The summed E-state index contributed by atoms with van der Waals surface area (Å²) in [5.41, 5.74) is 0.917. The third-order valence-electron chi connectivity index (χ3n) is 2.86. The highest BCUT2D eigenvalue weighted by Crippen LogP contribution is 2.35. The van der Waals surface area contributed by atoms with E-state index in [1.807, 2.05) is 12.1 Å². The van der Waals surface area contributed by atoms with Crippen molar-refractivity contribution >= 4 is 59.4 Å². The van der Waals surface area contributed by atoms with Gasteiger partial charge in [0, 0.05) is 20.0 Å². The normalized spacial score (nSPS) is 20.2. The summed E-state index contributed by atoms with van der Waals surface area (Å²) >= 11 is 10.4. The molecule has 1 aliphatic rings. The molecule has 2 rings (SSSR count). The Morgan fingerprint density at radius 3 is 2.50 bits per heavy atom. The number of anilines is 1. The Morgan fingerprint density at radius 2 is 1.83 bits per heavy atom. The van der Waals surface area contributed by atoms with Crippen molar-refractivity contribution in [1.82, 2.24) is 5.32 Å². The number of amides is 1. The SMILES string of the molecule is O=C1NCCCCC1Nc1c(Br)cc(Br)cc1Br. The topological polar surface area (TPSA) is 41.1 Å². The fourth-order valence-corrected chi connectivity index (χ4v) is 4.42. The second kappa shape index (κ2) is 6.39. The van der Waals surface area contributed by atoms with Gasteiger partial charge in [-0.25, -0.2) is 0 Å². The van der Waals surface area contributed by atoms with Crippen LogP contribution < -0.4 is 10.6 Å². The first-order valence-electron chi connectivity index (χ1n) is 5.76. The van der Waals surface area contributed by atoms with Crippen molar-refractivity contribution in [3.05, 3.63) is 25.6 Å². The Bertz CT molecular complexity index is 442. The summed E-state index contributed by atoms with van der Waals surface area (Å²) in [5.74, 6) is 0.0780. The number of halogens is 3. The monoisotopic (exact) mass is 438 g/mol. The van der Waals surface area contributed by atoms with Gasteiger partial charge in [0.15, 0.2) is 0 Å². The van der Waals surface area contributed by atoms with E-state index in [9.17, 15) is 4.79 Å². The van der Waals surface area contributed by atoms with Gasteiger partial charge in [0.05, 0.1) is 5.69 Å². The number of benzene rings is 1. The van der Waals surface area contributed by atoms with Crippen LogP contribution in [0.5, 0.6) is 0 Å². The van der Waals surface area contributed by atoms with Crippen LogP contribution in [0.3, 0.4) is 0 Å². The first-order valence-corrected chi connectivity index (χ1v) is 8.14. The van der Waals surface area contributed by atoms with Crippen LogP contribution in [0, 0.1) is 0 Å². The van der Waals surface area contributed by atoms with Crippen molar-refractivity contribution in [3.8, 4) is 0 Å². The summed E-state index contributed by atoms with van der Waals surface area (Å²) in [4.78, 5) is 11.9. The summed E-state index contributed by atoms with van der Waals surface area (Å²) < 4.78 is 2.85. The smallest absolute Gasteiger partial charge is 0.242 e. The molecular weight excluding hydrogens is 428 g/mol. The van der Waals surface area contributed by atoms with Crippen LogP contribution >= 0.6 is 47.8 Å². The van der Waals surface area contributed by atoms with Crippen LogP contribution in [-0.4, -0.2) is 18.5 Å². The van der Waals surface area contributed by atoms with Crippen molar-refractivity contribution in [1.29, 1.82) is 0 Å². The van der Waals surface area contributed by atoms with Crippen LogP contribution in [0.2, 0.25) is 0 Å². The maximum atomic E-state index is 11.9. The molecule has 0 spiro atoms. The number of nitrogens with one attached hydrogen (secondary N) is 2. The first-order chi connectivity index (χ1) is 8.58. The van der Waals surface area contributed by atoms with Crippen molar-refractivity contribution in [2.75, 3.05) is 11.9 Å². The third-order valence-corrected chi connectivity index (χ3v) is 4.57. The molecule has 1 atom stereocenters. The molecule has 0 aromatic heterocycles. The fraction of sp³-hybridized carbons (Fsp3) is 0.417. The molecule has 1 heterocycles. The molecule has 0 radical (unpaired) electrons. The lowest BCUT2D eigenvalue weighted by Gasteiger charge is -2.19. The lowest BCUT2D eigenvalue weighted by atomic mass is 10.1. The molecule has 1 aromatic carbocycles. The number of hydrogen-bond donors (Lipinski definition) is 2. The fourth-order valence-electron chi connectivity index (χ4n) is 1.93. The summed E-state index contributed by atoms with van der Waals surface area (Å²) in [7, 11) is 0. The van der Waals surface area contributed by atoms with Crippen molar-refractivity contribution < 1.29 is 4.79 Å². The van der Waals surface area contributed by atoms with E-state index in [0.717, 1.165) is 44.9 Å². The molecule has 2 N–H and O–H groups in total. The first kappa shape index (κ1) is 14.3. The van der Waals surface area contributed by atoms with Gasteiger partial charge in [0.2, 0.25) is 5.91 Å². The Labute approximate surface area is 131 Å². The van der Waals surface area contributed by atoms with Crippen LogP contribution in [-0.2, 0) is 4.79 Å². The lowest BCUT2D eigenvalue weighted by molar-refractivity contribution is -0.121. The van der Waals surface area contributed by atoms with Gasteiger partial charge in [-0.1, -0.05) is 15.9 Å². The Balaban J connectivity index is 2.20. The van der Waals surface area contributed by atoms with Gasteiger partial charge in [-0.05, 0) is 63.3 Å². The van der Waals surface area contributed by atoms with Crippen molar-refractivity contribution in [2.45, 2.75) is 25.3 Å². The molecule has 1 saturated heterocycles. The molecule has 1 aromatic rings. The van der Waals surface area contributed by atoms with Crippen LogP contribution in [0.15, 0.2) is 25.6 Å². The third kappa shape index (κ3) is 3.48. The largest absolute Gasteiger partial charge is 0.372 e. The van der Waals surface area contributed by atoms with E-state index in [1.165, 1.54) is 0 Å². The standard InChI is InChI=1S/C12H13Br3N2O/c13-7-5-8(14)11(9(15)6-7)17-10-3-1-2-4-16-12(10)18/h5-6,10,17H,1-4H2,(H,16,18). The molecule has 0 saturated carbocycles. The highest BCUT2D eigenvalue weighted by Gasteiger charge is 2.22. The minimum absolute atomic E-state index is 0.0780. The van der Waals surface area contributed by atoms with E-state index < -0.39 is 0 Å². The number of carbonyl (C=O) groups excluding carboxylic acids is 1.